The number of nitrogens with two attached hydrogens (primary N) is 1. The molecule has 1 aliphatic carbocycles. The van der Waals surface area contributed by atoms with Crippen molar-refractivity contribution in [1.82, 2.24) is 5.32 Å². The molecule has 1 heterocycles. The van der Waals surface area contributed by atoms with E-state index in [4.69, 9.17) is 5.73 Å². The molecule has 0 aromatic heterocycles. The third kappa shape index (κ3) is 1.22. The molecule has 1 aliphatic heterocycles. The molecule has 3 N–H and O–H groups in total. The fraction of sp³-hybridized carbons (Fsp3) is 0.889. The van der Waals surface area contributed by atoms with Crippen LogP contribution in [0.3, 0.4) is 0 Å². The Labute approximate surface area is 72.7 Å². The van der Waals surface area contributed by atoms with Crippen LogP contribution in [0.4, 0.5) is 0 Å². The van der Waals surface area contributed by atoms with E-state index in [9.17, 15) is 4.79 Å². The van der Waals surface area contributed by atoms with Crippen LogP contribution in [0.25, 0.3) is 0 Å². The maximum atomic E-state index is 10.8. The van der Waals surface area contributed by atoms with Crippen LogP contribution < -0.4 is 11.1 Å². The summed E-state index contributed by atoms with van der Waals surface area (Å²) < 4.78 is 0. The van der Waals surface area contributed by atoms with E-state index in [0.717, 1.165) is 25.9 Å². The van der Waals surface area contributed by atoms with E-state index in [2.05, 4.69) is 5.32 Å². The second-order valence-corrected chi connectivity index (χ2v) is 4.26. The largest absolute Gasteiger partial charge is 0.369 e. The first-order valence-corrected chi connectivity index (χ1v) is 4.72. The van der Waals surface area contributed by atoms with E-state index < -0.39 is 0 Å². The first-order valence-electron chi connectivity index (χ1n) is 4.72. The minimum absolute atomic E-state index is 0.0980. The van der Waals surface area contributed by atoms with E-state index in [1.807, 2.05) is 0 Å². The summed E-state index contributed by atoms with van der Waals surface area (Å²) in [5, 5.41) is 3.34. The van der Waals surface area contributed by atoms with Crippen LogP contribution in [0.2, 0.25) is 0 Å². The molecule has 68 valence electrons. The zero-order valence-electron chi connectivity index (χ0n) is 7.31. The van der Waals surface area contributed by atoms with Gasteiger partial charge in [-0.15, -0.1) is 0 Å². The van der Waals surface area contributed by atoms with Crippen LogP contribution in [0.1, 0.15) is 25.7 Å². The van der Waals surface area contributed by atoms with Crippen molar-refractivity contribution in [3.05, 3.63) is 0 Å². The van der Waals surface area contributed by atoms with Gasteiger partial charge in [-0.05, 0) is 44.2 Å². The predicted molar refractivity (Wildman–Crippen MR) is 46.5 cm³/mol. The fourth-order valence-corrected chi connectivity index (χ4v) is 2.55. The number of piperidine rings is 1. The minimum atomic E-state index is -0.0980. The maximum absolute atomic E-state index is 10.8. The average molecular weight is 168 g/mol. The summed E-state index contributed by atoms with van der Waals surface area (Å²) in [4.78, 5) is 10.8. The van der Waals surface area contributed by atoms with E-state index in [1.165, 1.54) is 12.8 Å². The number of nitrogens with one attached hydrogen (secondary N) is 1. The second kappa shape index (κ2) is 2.73. The Hall–Kier alpha value is -0.570. The quantitative estimate of drug-likeness (QED) is 0.589. The van der Waals surface area contributed by atoms with Crippen molar-refractivity contribution in [2.45, 2.75) is 25.7 Å². The molecule has 0 aromatic carbocycles. The first-order chi connectivity index (χ1) is 5.72. The lowest BCUT2D eigenvalue weighted by Crippen LogP contribution is -2.49. The molecule has 2 aliphatic rings. The van der Waals surface area contributed by atoms with Crippen molar-refractivity contribution in [2.24, 2.45) is 17.1 Å². The Bertz CT molecular complexity index is 189. The molecule has 12 heavy (non-hydrogen) atoms. The minimum Gasteiger partial charge on any atom is -0.369 e. The highest BCUT2D eigenvalue weighted by molar-refractivity contribution is 5.77. The molecular formula is C9H16N2O. The van der Waals surface area contributed by atoms with E-state index in [0.29, 0.717) is 5.41 Å². The highest BCUT2D eigenvalue weighted by Gasteiger charge is 2.46. The Morgan fingerprint density at radius 2 is 1.92 bits per heavy atom. The van der Waals surface area contributed by atoms with Gasteiger partial charge in [0.25, 0.3) is 0 Å². The number of carbonyl (C=O) groups is 1. The molecule has 0 atom stereocenters. The Kier molecular flexibility index (Phi) is 1.83. The fourth-order valence-electron chi connectivity index (χ4n) is 2.55. The van der Waals surface area contributed by atoms with Gasteiger partial charge in [0.15, 0.2) is 0 Å². The van der Waals surface area contributed by atoms with Crippen molar-refractivity contribution >= 4 is 5.91 Å². The molecule has 0 radical (unpaired) electrons. The molecular weight excluding hydrogens is 152 g/mol. The molecule has 1 amide bonds. The summed E-state index contributed by atoms with van der Waals surface area (Å²) in [6, 6.07) is 0. The van der Waals surface area contributed by atoms with Crippen molar-refractivity contribution in [2.75, 3.05) is 13.1 Å². The number of amides is 1. The van der Waals surface area contributed by atoms with Gasteiger partial charge in [-0.2, -0.15) is 0 Å². The lowest BCUT2D eigenvalue weighted by atomic mass is 9.57. The molecule has 1 saturated carbocycles. The molecule has 0 unspecified atom stereocenters. The van der Waals surface area contributed by atoms with Gasteiger partial charge >= 0.3 is 0 Å². The average Bonchev–Trinajstić information content (AvgIpc) is 2.01. The van der Waals surface area contributed by atoms with Crippen molar-refractivity contribution < 1.29 is 4.79 Å². The highest BCUT2D eigenvalue weighted by Crippen LogP contribution is 2.51. The van der Waals surface area contributed by atoms with Gasteiger partial charge in [-0.3, -0.25) is 4.79 Å². The number of rotatable bonds is 1. The van der Waals surface area contributed by atoms with Crippen LogP contribution in [0.15, 0.2) is 0 Å². The van der Waals surface area contributed by atoms with Gasteiger partial charge in [0.1, 0.15) is 0 Å². The van der Waals surface area contributed by atoms with E-state index >= 15 is 0 Å². The molecule has 0 bridgehead atoms. The SMILES string of the molecule is NC(=O)C1CC2(CCNCC2)C1. The van der Waals surface area contributed by atoms with Crippen LogP contribution in [-0.2, 0) is 4.79 Å². The summed E-state index contributed by atoms with van der Waals surface area (Å²) in [6.07, 6.45) is 4.56. The number of primary amides is 1. The third-order valence-electron chi connectivity index (χ3n) is 3.43. The van der Waals surface area contributed by atoms with Gasteiger partial charge in [-0.1, -0.05) is 0 Å². The van der Waals surface area contributed by atoms with Gasteiger partial charge in [0.2, 0.25) is 5.91 Å². The summed E-state index contributed by atoms with van der Waals surface area (Å²) in [5.74, 6) is 0.0854. The first kappa shape index (κ1) is 8.05. The summed E-state index contributed by atoms with van der Waals surface area (Å²) in [7, 11) is 0. The van der Waals surface area contributed by atoms with Crippen molar-refractivity contribution in [3.63, 3.8) is 0 Å². The lowest BCUT2D eigenvalue weighted by Gasteiger charge is -2.49. The molecule has 3 heteroatoms. The highest BCUT2D eigenvalue weighted by atomic mass is 16.1. The van der Waals surface area contributed by atoms with Crippen LogP contribution in [-0.4, -0.2) is 19.0 Å². The molecule has 0 aromatic rings. The molecule has 2 fully saturated rings. The van der Waals surface area contributed by atoms with E-state index in [1.54, 1.807) is 0 Å². The monoisotopic (exact) mass is 168 g/mol. The van der Waals surface area contributed by atoms with Gasteiger partial charge < -0.3 is 11.1 Å². The Morgan fingerprint density at radius 1 is 1.33 bits per heavy atom. The zero-order chi connectivity index (χ0) is 8.60. The maximum Gasteiger partial charge on any atom is 0.220 e. The lowest BCUT2D eigenvalue weighted by molar-refractivity contribution is -0.130. The third-order valence-corrected chi connectivity index (χ3v) is 3.43. The Morgan fingerprint density at radius 3 is 2.42 bits per heavy atom. The summed E-state index contributed by atoms with van der Waals surface area (Å²) >= 11 is 0. The smallest absolute Gasteiger partial charge is 0.220 e. The van der Waals surface area contributed by atoms with Gasteiger partial charge in [0, 0.05) is 5.92 Å². The van der Waals surface area contributed by atoms with Crippen LogP contribution in [0.5, 0.6) is 0 Å². The number of carbonyl (C=O) groups excluding carboxylic acids is 1. The van der Waals surface area contributed by atoms with Gasteiger partial charge in [-0.25, -0.2) is 0 Å². The topological polar surface area (TPSA) is 55.1 Å². The summed E-state index contributed by atoms with van der Waals surface area (Å²) in [6.45, 7) is 2.23. The molecule has 1 spiro atoms. The number of hydrogen-bond acceptors (Lipinski definition) is 2. The van der Waals surface area contributed by atoms with Crippen molar-refractivity contribution in [3.8, 4) is 0 Å². The van der Waals surface area contributed by atoms with Gasteiger partial charge in [0.05, 0.1) is 0 Å². The van der Waals surface area contributed by atoms with Crippen molar-refractivity contribution in [1.29, 1.82) is 0 Å². The van der Waals surface area contributed by atoms with Crippen LogP contribution in [0, 0.1) is 11.3 Å². The van der Waals surface area contributed by atoms with Crippen LogP contribution >= 0.6 is 0 Å². The zero-order valence-corrected chi connectivity index (χ0v) is 7.31. The molecule has 3 nitrogen and oxygen atoms in total. The van der Waals surface area contributed by atoms with E-state index in [-0.39, 0.29) is 11.8 Å². The molecule has 2 rings (SSSR count). The Balaban J connectivity index is 1.88. The standard InChI is InChI=1S/C9H16N2O/c10-8(12)7-5-9(6-7)1-3-11-4-2-9/h7,11H,1-6H2,(H2,10,12). The predicted octanol–water partition coefficient (Wildman–Crippen LogP) is 0.251. The molecule has 1 saturated heterocycles. The summed E-state index contributed by atoms with van der Waals surface area (Å²) in [5.41, 5.74) is 5.72. The normalized spacial score (nSPS) is 28.3. The second-order valence-electron chi connectivity index (χ2n) is 4.26. The number of hydrogen-bond donors (Lipinski definition) is 2.